The maximum atomic E-state index is 12.3. The van der Waals surface area contributed by atoms with E-state index >= 15 is 0 Å². The van der Waals surface area contributed by atoms with Crippen LogP contribution in [0.25, 0.3) is 5.69 Å². The Kier molecular flexibility index (Phi) is 3.70. The first kappa shape index (κ1) is 12.7. The van der Waals surface area contributed by atoms with Gasteiger partial charge in [0, 0.05) is 11.3 Å². The molecule has 0 radical (unpaired) electrons. The molecular formula is C15H20N2O. The number of benzene rings is 1. The number of aromatic amines is 1. The number of aryl methyl sites for hydroxylation is 2. The van der Waals surface area contributed by atoms with E-state index in [1.54, 1.807) is 4.68 Å². The number of unbranched alkanes of at least 4 members (excludes halogenated alkanes) is 1. The molecule has 1 aromatic carbocycles. The first-order valence-electron chi connectivity index (χ1n) is 6.51. The van der Waals surface area contributed by atoms with Crippen LogP contribution in [0.3, 0.4) is 0 Å². The molecule has 0 spiro atoms. The van der Waals surface area contributed by atoms with Crippen molar-refractivity contribution in [3.05, 3.63) is 51.4 Å². The minimum absolute atomic E-state index is 0.0894. The summed E-state index contributed by atoms with van der Waals surface area (Å²) in [5.74, 6) is 0. The molecule has 2 rings (SSSR count). The molecule has 0 amide bonds. The second-order valence-corrected chi connectivity index (χ2v) is 4.80. The Hall–Kier alpha value is -1.77. The van der Waals surface area contributed by atoms with E-state index in [9.17, 15) is 4.79 Å². The van der Waals surface area contributed by atoms with Gasteiger partial charge in [0.2, 0.25) is 0 Å². The zero-order valence-corrected chi connectivity index (χ0v) is 11.3. The topological polar surface area (TPSA) is 37.8 Å². The van der Waals surface area contributed by atoms with E-state index in [-0.39, 0.29) is 5.56 Å². The predicted molar refractivity (Wildman–Crippen MR) is 74.5 cm³/mol. The third kappa shape index (κ3) is 2.40. The molecule has 0 saturated heterocycles. The predicted octanol–water partition coefficient (Wildman–Crippen LogP) is 3.13. The van der Waals surface area contributed by atoms with Gasteiger partial charge >= 0.3 is 0 Å². The molecule has 1 N–H and O–H groups in total. The molecule has 0 saturated carbocycles. The van der Waals surface area contributed by atoms with Crippen LogP contribution in [0.4, 0.5) is 0 Å². The molecule has 0 fully saturated rings. The van der Waals surface area contributed by atoms with Gasteiger partial charge in [-0.1, -0.05) is 25.5 Å². The van der Waals surface area contributed by atoms with E-state index in [2.05, 4.69) is 12.0 Å². The van der Waals surface area contributed by atoms with Crippen LogP contribution < -0.4 is 5.56 Å². The van der Waals surface area contributed by atoms with Crippen molar-refractivity contribution < 1.29 is 0 Å². The Balaban J connectivity index is 2.44. The zero-order chi connectivity index (χ0) is 13.1. The molecule has 0 unspecified atom stereocenters. The summed E-state index contributed by atoms with van der Waals surface area (Å²) in [6.45, 7) is 6.14. The van der Waals surface area contributed by atoms with Crippen LogP contribution in [0, 0.1) is 13.8 Å². The second kappa shape index (κ2) is 5.25. The Labute approximate surface area is 107 Å². The molecule has 18 heavy (non-hydrogen) atoms. The fourth-order valence-electron chi connectivity index (χ4n) is 2.18. The second-order valence-electron chi connectivity index (χ2n) is 4.80. The van der Waals surface area contributed by atoms with Crippen molar-refractivity contribution in [1.29, 1.82) is 0 Å². The normalized spacial score (nSPS) is 10.8. The molecule has 1 aromatic heterocycles. The zero-order valence-electron chi connectivity index (χ0n) is 11.3. The third-order valence-electron chi connectivity index (χ3n) is 3.23. The Morgan fingerprint density at radius 3 is 2.72 bits per heavy atom. The van der Waals surface area contributed by atoms with Crippen LogP contribution >= 0.6 is 0 Å². The summed E-state index contributed by atoms with van der Waals surface area (Å²) < 4.78 is 1.65. The summed E-state index contributed by atoms with van der Waals surface area (Å²) in [6.07, 6.45) is 3.02. The minimum atomic E-state index is 0.0894. The average Bonchev–Trinajstić information content (AvgIpc) is 2.63. The van der Waals surface area contributed by atoms with Crippen molar-refractivity contribution in [2.24, 2.45) is 0 Å². The first-order chi connectivity index (χ1) is 8.63. The third-order valence-corrected chi connectivity index (χ3v) is 3.23. The van der Waals surface area contributed by atoms with Crippen molar-refractivity contribution in [2.75, 3.05) is 0 Å². The van der Waals surface area contributed by atoms with Crippen LogP contribution in [0.5, 0.6) is 0 Å². The van der Waals surface area contributed by atoms with Gasteiger partial charge < -0.3 is 0 Å². The fourth-order valence-corrected chi connectivity index (χ4v) is 2.18. The van der Waals surface area contributed by atoms with E-state index in [0.717, 1.165) is 41.8 Å². The van der Waals surface area contributed by atoms with Gasteiger partial charge in [0.25, 0.3) is 5.56 Å². The molecule has 96 valence electrons. The van der Waals surface area contributed by atoms with Gasteiger partial charge in [-0.05, 0) is 44.4 Å². The molecule has 0 aliphatic heterocycles. The molecule has 0 aliphatic carbocycles. The van der Waals surface area contributed by atoms with Crippen molar-refractivity contribution in [2.45, 2.75) is 40.0 Å². The molecule has 3 nitrogen and oxygen atoms in total. The highest BCUT2D eigenvalue weighted by Gasteiger charge is 2.11. The van der Waals surface area contributed by atoms with Gasteiger partial charge in [-0.3, -0.25) is 9.89 Å². The minimum Gasteiger partial charge on any atom is -0.295 e. The summed E-state index contributed by atoms with van der Waals surface area (Å²) in [6, 6.07) is 7.97. The first-order valence-corrected chi connectivity index (χ1v) is 6.51. The van der Waals surface area contributed by atoms with Crippen LogP contribution in [-0.2, 0) is 6.42 Å². The monoisotopic (exact) mass is 244 g/mol. The molecule has 0 bridgehead atoms. The van der Waals surface area contributed by atoms with E-state index in [4.69, 9.17) is 0 Å². The summed E-state index contributed by atoms with van der Waals surface area (Å²) in [7, 11) is 0. The van der Waals surface area contributed by atoms with Gasteiger partial charge in [-0.25, -0.2) is 4.68 Å². The number of nitrogens with one attached hydrogen (secondary N) is 1. The van der Waals surface area contributed by atoms with Gasteiger partial charge in [-0.2, -0.15) is 0 Å². The Morgan fingerprint density at radius 2 is 2.06 bits per heavy atom. The summed E-state index contributed by atoms with van der Waals surface area (Å²) in [5.41, 5.74) is 4.05. The lowest BCUT2D eigenvalue weighted by Gasteiger charge is -2.02. The largest absolute Gasteiger partial charge is 0.295 e. The lowest BCUT2D eigenvalue weighted by atomic mass is 10.1. The molecule has 3 heteroatoms. The Bertz CT molecular complexity index is 593. The van der Waals surface area contributed by atoms with Gasteiger partial charge in [0.15, 0.2) is 0 Å². The smallest absolute Gasteiger partial charge is 0.274 e. The van der Waals surface area contributed by atoms with Gasteiger partial charge in [-0.15, -0.1) is 0 Å². The standard InChI is InChI=1S/C15H20N2O/c1-4-5-9-14-12(3)16-17(15(14)18)13-8-6-7-11(2)10-13/h6-8,10,16H,4-5,9H2,1-3H3. The van der Waals surface area contributed by atoms with Crippen molar-refractivity contribution in [3.63, 3.8) is 0 Å². The SMILES string of the molecule is CCCCc1c(C)[nH]n(-c2cccc(C)c2)c1=O. The highest BCUT2D eigenvalue weighted by atomic mass is 16.1. The van der Waals surface area contributed by atoms with Gasteiger partial charge in [0.1, 0.15) is 0 Å². The quantitative estimate of drug-likeness (QED) is 0.881. The molecule has 2 aromatic rings. The van der Waals surface area contributed by atoms with Crippen LogP contribution in [0.1, 0.15) is 36.6 Å². The maximum Gasteiger partial charge on any atom is 0.274 e. The van der Waals surface area contributed by atoms with E-state index in [1.165, 1.54) is 0 Å². The van der Waals surface area contributed by atoms with Crippen LogP contribution in [0.15, 0.2) is 29.1 Å². The lowest BCUT2D eigenvalue weighted by Crippen LogP contribution is -2.17. The summed E-state index contributed by atoms with van der Waals surface area (Å²) >= 11 is 0. The molecule has 0 atom stereocenters. The molecule has 1 heterocycles. The van der Waals surface area contributed by atoms with Gasteiger partial charge in [0.05, 0.1) is 5.69 Å². The fraction of sp³-hybridized carbons (Fsp3) is 0.400. The maximum absolute atomic E-state index is 12.3. The highest BCUT2D eigenvalue weighted by molar-refractivity contribution is 5.36. The van der Waals surface area contributed by atoms with Crippen LogP contribution in [0.2, 0.25) is 0 Å². The lowest BCUT2D eigenvalue weighted by molar-refractivity contribution is 0.785. The van der Waals surface area contributed by atoms with Crippen LogP contribution in [-0.4, -0.2) is 9.78 Å². The number of H-pyrrole nitrogens is 1. The number of hydrogen-bond donors (Lipinski definition) is 1. The molecular weight excluding hydrogens is 224 g/mol. The Morgan fingerprint density at radius 1 is 1.28 bits per heavy atom. The summed E-state index contributed by atoms with van der Waals surface area (Å²) in [5, 5.41) is 3.17. The van der Waals surface area contributed by atoms with Crippen molar-refractivity contribution in [3.8, 4) is 5.69 Å². The van der Waals surface area contributed by atoms with E-state index in [1.807, 2.05) is 38.1 Å². The van der Waals surface area contributed by atoms with Crippen molar-refractivity contribution in [1.82, 2.24) is 9.78 Å². The molecule has 0 aliphatic rings. The summed E-state index contributed by atoms with van der Waals surface area (Å²) in [4.78, 5) is 12.3. The van der Waals surface area contributed by atoms with E-state index < -0.39 is 0 Å². The average molecular weight is 244 g/mol. The number of nitrogens with zero attached hydrogens (tertiary/aromatic N) is 1. The number of rotatable bonds is 4. The highest BCUT2D eigenvalue weighted by Crippen LogP contribution is 2.10. The van der Waals surface area contributed by atoms with E-state index in [0.29, 0.717) is 0 Å². The number of hydrogen-bond acceptors (Lipinski definition) is 1. The number of aromatic nitrogens is 2. The van der Waals surface area contributed by atoms with Crippen molar-refractivity contribution >= 4 is 0 Å².